The Morgan fingerprint density at radius 1 is 0.400 bits per heavy atom. The third-order valence-electron chi connectivity index (χ3n) is 6.19. The molecule has 0 aliphatic carbocycles. The van der Waals surface area contributed by atoms with Crippen molar-refractivity contribution < 1.29 is 0 Å². The van der Waals surface area contributed by atoms with E-state index in [1.807, 2.05) is 0 Å². The molecular formula is C30H38. The van der Waals surface area contributed by atoms with Gasteiger partial charge in [0, 0.05) is 0 Å². The second-order valence-electron chi connectivity index (χ2n) is 9.81. The second-order valence-corrected chi connectivity index (χ2v) is 9.81. The van der Waals surface area contributed by atoms with Crippen LogP contribution in [0.25, 0.3) is 22.3 Å². The van der Waals surface area contributed by atoms with E-state index in [-0.39, 0.29) is 0 Å². The van der Waals surface area contributed by atoms with E-state index in [0.29, 0.717) is 23.7 Å². The van der Waals surface area contributed by atoms with Crippen LogP contribution in [0.5, 0.6) is 0 Å². The molecular weight excluding hydrogens is 360 g/mol. The first-order chi connectivity index (χ1) is 14.2. The normalized spacial score (nSPS) is 11.9. The van der Waals surface area contributed by atoms with Crippen molar-refractivity contribution >= 4 is 0 Å². The maximum Gasteiger partial charge on any atom is -0.0146 e. The van der Waals surface area contributed by atoms with Gasteiger partial charge in [0.2, 0.25) is 0 Å². The lowest BCUT2D eigenvalue weighted by Gasteiger charge is -2.22. The molecule has 0 aliphatic rings. The van der Waals surface area contributed by atoms with Crippen molar-refractivity contribution in [3.63, 3.8) is 0 Å². The predicted molar refractivity (Wildman–Crippen MR) is 134 cm³/mol. The van der Waals surface area contributed by atoms with Crippen molar-refractivity contribution in [1.82, 2.24) is 0 Å². The SMILES string of the molecule is CC(C)c1cccc(-c2ccc(-c3cccc(C(C)C)c3C(C)C)cc2)c1C(C)C. The summed E-state index contributed by atoms with van der Waals surface area (Å²) in [5.74, 6) is 2.09. The third-order valence-corrected chi connectivity index (χ3v) is 6.19. The summed E-state index contributed by atoms with van der Waals surface area (Å²) >= 11 is 0. The fourth-order valence-corrected chi connectivity index (χ4v) is 4.79. The summed E-state index contributed by atoms with van der Waals surface area (Å²) in [5, 5.41) is 0. The first kappa shape index (κ1) is 22.3. The van der Waals surface area contributed by atoms with E-state index in [2.05, 4.69) is 116 Å². The zero-order valence-corrected chi connectivity index (χ0v) is 20.1. The van der Waals surface area contributed by atoms with Crippen molar-refractivity contribution in [2.24, 2.45) is 0 Å². The fraction of sp³-hybridized carbons (Fsp3) is 0.400. The fourth-order valence-electron chi connectivity index (χ4n) is 4.79. The van der Waals surface area contributed by atoms with Gasteiger partial charge in [0.05, 0.1) is 0 Å². The van der Waals surface area contributed by atoms with Gasteiger partial charge in [0.15, 0.2) is 0 Å². The van der Waals surface area contributed by atoms with Gasteiger partial charge < -0.3 is 0 Å². The van der Waals surface area contributed by atoms with Gasteiger partial charge in [-0.25, -0.2) is 0 Å². The molecule has 0 N–H and O–H groups in total. The van der Waals surface area contributed by atoms with Crippen molar-refractivity contribution in [2.45, 2.75) is 79.1 Å². The average molecular weight is 399 g/mol. The molecule has 0 heterocycles. The lowest BCUT2D eigenvalue weighted by Crippen LogP contribution is -2.02. The van der Waals surface area contributed by atoms with Crippen LogP contribution in [0, 0.1) is 0 Å². The summed E-state index contributed by atoms with van der Waals surface area (Å²) in [6, 6.07) is 22.8. The average Bonchev–Trinajstić information content (AvgIpc) is 2.72. The minimum Gasteiger partial charge on any atom is -0.0613 e. The van der Waals surface area contributed by atoms with Crippen LogP contribution in [0.15, 0.2) is 60.7 Å². The highest BCUT2D eigenvalue weighted by atomic mass is 14.2. The Hall–Kier alpha value is -2.34. The summed E-state index contributed by atoms with van der Waals surface area (Å²) in [5.41, 5.74) is 11.3. The molecule has 3 rings (SSSR count). The van der Waals surface area contributed by atoms with E-state index in [9.17, 15) is 0 Å². The maximum atomic E-state index is 2.31. The molecule has 0 fully saturated rings. The molecule has 30 heavy (non-hydrogen) atoms. The second kappa shape index (κ2) is 9.21. The summed E-state index contributed by atoms with van der Waals surface area (Å²) in [7, 11) is 0. The molecule has 0 atom stereocenters. The molecule has 0 aliphatic heterocycles. The van der Waals surface area contributed by atoms with E-state index < -0.39 is 0 Å². The lowest BCUT2D eigenvalue weighted by molar-refractivity contribution is 0.792. The highest BCUT2D eigenvalue weighted by molar-refractivity contribution is 5.75. The summed E-state index contributed by atoms with van der Waals surface area (Å²) in [6.45, 7) is 18.4. The van der Waals surface area contributed by atoms with Gasteiger partial charge in [0.25, 0.3) is 0 Å². The summed E-state index contributed by atoms with van der Waals surface area (Å²) < 4.78 is 0. The van der Waals surface area contributed by atoms with Gasteiger partial charge >= 0.3 is 0 Å². The summed E-state index contributed by atoms with van der Waals surface area (Å²) in [6.07, 6.45) is 0. The maximum absolute atomic E-state index is 2.31. The van der Waals surface area contributed by atoms with Crippen molar-refractivity contribution in [3.05, 3.63) is 82.9 Å². The topological polar surface area (TPSA) is 0 Å². The number of benzene rings is 3. The molecule has 0 heteroatoms. The summed E-state index contributed by atoms with van der Waals surface area (Å²) in [4.78, 5) is 0. The van der Waals surface area contributed by atoms with Crippen LogP contribution < -0.4 is 0 Å². The quantitative estimate of drug-likeness (QED) is 0.388. The number of rotatable bonds is 6. The minimum atomic E-state index is 0.508. The number of hydrogen-bond acceptors (Lipinski definition) is 0. The van der Waals surface area contributed by atoms with Gasteiger partial charge in [-0.15, -0.1) is 0 Å². The Labute approximate surface area is 184 Å². The molecule has 3 aromatic carbocycles. The third kappa shape index (κ3) is 4.38. The van der Waals surface area contributed by atoms with Gasteiger partial charge in [-0.2, -0.15) is 0 Å². The monoisotopic (exact) mass is 398 g/mol. The molecule has 0 amide bonds. The molecule has 0 aromatic heterocycles. The first-order valence-corrected chi connectivity index (χ1v) is 11.6. The van der Waals surface area contributed by atoms with Crippen LogP contribution in [-0.2, 0) is 0 Å². The van der Waals surface area contributed by atoms with E-state index in [0.717, 1.165) is 0 Å². The van der Waals surface area contributed by atoms with Gasteiger partial charge in [-0.3, -0.25) is 0 Å². The first-order valence-electron chi connectivity index (χ1n) is 11.6. The van der Waals surface area contributed by atoms with Crippen LogP contribution in [-0.4, -0.2) is 0 Å². The Morgan fingerprint density at radius 2 is 0.733 bits per heavy atom. The van der Waals surface area contributed by atoms with Crippen LogP contribution in [0.1, 0.15) is 101 Å². The minimum absolute atomic E-state index is 0.508. The molecule has 0 unspecified atom stereocenters. The predicted octanol–water partition coefficient (Wildman–Crippen LogP) is 9.51. The van der Waals surface area contributed by atoms with Crippen molar-refractivity contribution in [2.75, 3.05) is 0 Å². The molecule has 3 aromatic rings. The van der Waals surface area contributed by atoms with E-state index in [1.54, 1.807) is 0 Å². The van der Waals surface area contributed by atoms with Crippen LogP contribution >= 0.6 is 0 Å². The Kier molecular flexibility index (Phi) is 6.86. The highest BCUT2D eigenvalue weighted by Gasteiger charge is 2.17. The smallest absolute Gasteiger partial charge is 0.0146 e. The van der Waals surface area contributed by atoms with Gasteiger partial charge in [-0.05, 0) is 68.2 Å². The van der Waals surface area contributed by atoms with Crippen molar-refractivity contribution in [3.8, 4) is 22.3 Å². The standard InChI is InChI=1S/C30H38/c1-19(2)25-11-9-13-27(29(25)21(5)6)23-15-17-24(18-16-23)28-14-10-12-26(20(3)4)30(28)22(7)8/h9-22H,1-8H3. The molecule has 0 bridgehead atoms. The molecule has 0 radical (unpaired) electrons. The lowest BCUT2D eigenvalue weighted by atomic mass is 9.83. The largest absolute Gasteiger partial charge is 0.0613 e. The molecule has 0 spiro atoms. The Morgan fingerprint density at radius 3 is 1.00 bits per heavy atom. The zero-order chi connectivity index (χ0) is 22.0. The van der Waals surface area contributed by atoms with Crippen LogP contribution in [0.2, 0.25) is 0 Å². The van der Waals surface area contributed by atoms with Crippen LogP contribution in [0.4, 0.5) is 0 Å². The molecule has 0 saturated carbocycles. The van der Waals surface area contributed by atoms with Gasteiger partial charge in [0.1, 0.15) is 0 Å². The highest BCUT2D eigenvalue weighted by Crippen LogP contribution is 2.38. The molecule has 0 nitrogen and oxygen atoms in total. The Bertz CT molecular complexity index is 903. The molecule has 0 saturated heterocycles. The van der Waals surface area contributed by atoms with E-state index in [4.69, 9.17) is 0 Å². The van der Waals surface area contributed by atoms with Crippen LogP contribution in [0.3, 0.4) is 0 Å². The van der Waals surface area contributed by atoms with Crippen molar-refractivity contribution in [1.29, 1.82) is 0 Å². The zero-order valence-electron chi connectivity index (χ0n) is 20.1. The Balaban J connectivity index is 2.10. The number of hydrogen-bond donors (Lipinski definition) is 0. The van der Waals surface area contributed by atoms with Gasteiger partial charge in [-0.1, -0.05) is 116 Å². The molecule has 158 valence electrons. The van der Waals surface area contributed by atoms with E-state index >= 15 is 0 Å². The van der Waals surface area contributed by atoms with E-state index in [1.165, 1.54) is 44.5 Å².